The molecule has 2 heterocycles. The van der Waals surface area contributed by atoms with E-state index >= 15 is 0 Å². The zero-order valence-corrected chi connectivity index (χ0v) is 14.1. The number of anilines is 1. The first-order valence-electron chi connectivity index (χ1n) is 8.09. The molecule has 2 aromatic rings. The summed E-state index contributed by atoms with van der Waals surface area (Å²) in [5, 5.41) is 0. The molecule has 1 aromatic heterocycles. The SMILES string of the molecule is COc1ccccc1N1CCN(C(=O)/C=C/c2ccc(C)o2)CC1. The highest BCUT2D eigenvalue weighted by Gasteiger charge is 2.21. The van der Waals surface area contributed by atoms with Crippen LogP contribution in [0.1, 0.15) is 11.5 Å². The van der Waals surface area contributed by atoms with Gasteiger partial charge in [-0.1, -0.05) is 12.1 Å². The minimum Gasteiger partial charge on any atom is -0.495 e. The van der Waals surface area contributed by atoms with Gasteiger partial charge in [-0.2, -0.15) is 0 Å². The van der Waals surface area contributed by atoms with Gasteiger partial charge in [0.15, 0.2) is 0 Å². The number of aryl methyl sites for hydroxylation is 1. The molecule has 1 aromatic carbocycles. The number of nitrogens with zero attached hydrogens (tertiary/aromatic N) is 2. The Morgan fingerprint density at radius 1 is 1.12 bits per heavy atom. The predicted molar refractivity (Wildman–Crippen MR) is 94.3 cm³/mol. The first-order chi connectivity index (χ1) is 11.7. The van der Waals surface area contributed by atoms with Crippen molar-refractivity contribution in [3.05, 3.63) is 54.0 Å². The van der Waals surface area contributed by atoms with E-state index in [4.69, 9.17) is 9.15 Å². The topological polar surface area (TPSA) is 45.9 Å². The number of para-hydroxylation sites is 2. The van der Waals surface area contributed by atoms with Gasteiger partial charge in [-0.3, -0.25) is 4.79 Å². The highest BCUT2D eigenvalue weighted by atomic mass is 16.5. The number of rotatable bonds is 4. The van der Waals surface area contributed by atoms with Gasteiger partial charge in [-0.25, -0.2) is 0 Å². The van der Waals surface area contributed by atoms with E-state index in [-0.39, 0.29) is 5.91 Å². The van der Waals surface area contributed by atoms with Gasteiger partial charge in [0.1, 0.15) is 17.3 Å². The molecule has 126 valence electrons. The van der Waals surface area contributed by atoms with Crippen LogP contribution in [-0.4, -0.2) is 44.1 Å². The van der Waals surface area contributed by atoms with Crippen molar-refractivity contribution >= 4 is 17.7 Å². The summed E-state index contributed by atoms with van der Waals surface area (Å²) in [6.07, 6.45) is 3.30. The molecule has 24 heavy (non-hydrogen) atoms. The number of amides is 1. The third-order valence-electron chi connectivity index (χ3n) is 4.17. The highest BCUT2D eigenvalue weighted by Crippen LogP contribution is 2.28. The molecule has 0 aliphatic carbocycles. The zero-order valence-electron chi connectivity index (χ0n) is 14.1. The Bertz CT molecular complexity index is 728. The molecule has 0 unspecified atom stereocenters. The van der Waals surface area contributed by atoms with Crippen molar-refractivity contribution in [3.8, 4) is 5.75 Å². The smallest absolute Gasteiger partial charge is 0.246 e. The van der Waals surface area contributed by atoms with E-state index in [0.717, 1.165) is 30.3 Å². The van der Waals surface area contributed by atoms with Crippen LogP contribution in [0.4, 0.5) is 5.69 Å². The van der Waals surface area contributed by atoms with E-state index in [0.29, 0.717) is 18.8 Å². The molecule has 5 heteroatoms. The molecule has 0 atom stereocenters. The van der Waals surface area contributed by atoms with Crippen molar-refractivity contribution < 1.29 is 13.9 Å². The molecular weight excluding hydrogens is 304 g/mol. The van der Waals surface area contributed by atoms with Crippen molar-refractivity contribution in [1.29, 1.82) is 0 Å². The van der Waals surface area contributed by atoms with Gasteiger partial charge in [0.2, 0.25) is 5.91 Å². The first kappa shape index (κ1) is 16.2. The maximum Gasteiger partial charge on any atom is 0.246 e. The Labute approximate surface area is 142 Å². The van der Waals surface area contributed by atoms with Crippen molar-refractivity contribution in [2.24, 2.45) is 0 Å². The van der Waals surface area contributed by atoms with E-state index in [1.807, 2.05) is 42.2 Å². The van der Waals surface area contributed by atoms with E-state index < -0.39 is 0 Å². The largest absolute Gasteiger partial charge is 0.495 e. The summed E-state index contributed by atoms with van der Waals surface area (Å²) >= 11 is 0. The predicted octanol–water partition coefficient (Wildman–Crippen LogP) is 2.96. The Balaban J connectivity index is 1.58. The average Bonchev–Trinajstić information content (AvgIpc) is 3.05. The molecule has 0 spiro atoms. The fraction of sp³-hybridized carbons (Fsp3) is 0.316. The molecule has 0 saturated carbocycles. The number of furan rings is 1. The third-order valence-corrected chi connectivity index (χ3v) is 4.17. The minimum absolute atomic E-state index is 0.0173. The van der Waals surface area contributed by atoms with E-state index in [1.54, 1.807) is 19.3 Å². The summed E-state index contributed by atoms with van der Waals surface area (Å²) in [7, 11) is 1.68. The normalized spacial score (nSPS) is 15.1. The maximum atomic E-state index is 12.3. The third kappa shape index (κ3) is 3.62. The Kier molecular flexibility index (Phi) is 4.89. The van der Waals surface area contributed by atoms with Crippen LogP contribution >= 0.6 is 0 Å². The lowest BCUT2D eigenvalue weighted by Crippen LogP contribution is -2.48. The second kappa shape index (κ2) is 7.25. The lowest BCUT2D eigenvalue weighted by Gasteiger charge is -2.36. The van der Waals surface area contributed by atoms with Gasteiger partial charge < -0.3 is 19.0 Å². The van der Waals surface area contributed by atoms with E-state index in [1.165, 1.54) is 0 Å². The van der Waals surface area contributed by atoms with E-state index in [2.05, 4.69) is 11.0 Å². The molecule has 1 saturated heterocycles. The Hall–Kier alpha value is -2.69. The lowest BCUT2D eigenvalue weighted by atomic mass is 10.2. The number of ether oxygens (including phenoxy) is 1. The quantitative estimate of drug-likeness (QED) is 0.811. The van der Waals surface area contributed by atoms with Crippen LogP contribution < -0.4 is 9.64 Å². The summed E-state index contributed by atoms with van der Waals surface area (Å²) in [6.45, 7) is 4.85. The zero-order chi connectivity index (χ0) is 16.9. The Morgan fingerprint density at radius 2 is 1.88 bits per heavy atom. The standard InChI is InChI=1S/C19H22N2O3/c1-15-7-8-16(24-15)9-10-19(22)21-13-11-20(12-14-21)17-5-3-4-6-18(17)23-2/h3-10H,11-14H2,1-2H3/b10-9+. The van der Waals surface area contributed by atoms with Gasteiger partial charge in [0.25, 0.3) is 0 Å². The van der Waals surface area contributed by atoms with Crippen molar-refractivity contribution in [3.63, 3.8) is 0 Å². The number of methoxy groups -OCH3 is 1. The van der Waals surface area contributed by atoms with Crippen LogP contribution in [0, 0.1) is 6.92 Å². The minimum atomic E-state index is 0.0173. The summed E-state index contributed by atoms with van der Waals surface area (Å²) in [5.41, 5.74) is 1.08. The van der Waals surface area contributed by atoms with Crippen LogP contribution in [0.5, 0.6) is 5.75 Å². The molecule has 0 N–H and O–H groups in total. The number of carbonyl (C=O) groups is 1. The van der Waals surface area contributed by atoms with E-state index in [9.17, 15) is 4.79 Å². The first-order valence-corrected chi connectivity index (χ1v) is 8.09. The summed E-state index contributed by atoms with van der Waals surface area (Å²) in [6, 6.07) is 11.7. The summed E-state index contributed by atoms with van der Waals surface area (Å²) < 4.78 is 10.9. The highest BCUT2D eigenvalue weighted by molar-refractivity contribution is 5.91. The van der Waals surface area contributed by atoms with Crippen LogP contribution in [0.25, 0.3) is 6.08 Å². The molecule has 1 amide bonds. The molecule has 5 nitrogen and oxygen atoms in total. The van der Waals surface area contributed by atoms with Gasteiger partial charge >= 0.3 is 0 Å². The monoisotopic (exact) mass is 326 g/mol. The molecule has 1 aliphatic rings. The number of benzene rings is 1. The molecular formula is C19H22N2O3. The van der Waals surface area contributed by atoms with Gasteiger partial charge in [-0.05, 0) is 37.3 Å². The van der Waals surface area contributed by atoms with Gasteiger partial charge in [0.05, 0.1) is 12.8 Å². The molecule has 3 rings (SSSR count). The average molecular weight is 326 g/mol. The number of hydrogen-bond acceptors (Lipinski definition) is 4. The van der Waals surface area contributed by atoms with Crippen molar-refractivity contribution in [2.45, 2.75) is 6.92 Å². The number of carbonyl (C=O) groups excluding carboxylic acids is 1. The Morgan fingerprint density at radius 3 is 2.54 bits per heavy atom. The second-order valence-electron chi connectivity index (χ2n) is 5.77. The molecule has 1 aliphatic heterocycles. The molecule has 0 bridgehead atoms. The second-order valence-corrected chi connectivity index (χ2v) is 5.77. The van der Waals surface area contributed by atoms with Crippen LogP contribution in [0.3, 0.4) is 0 Å². The van der Waals surface area contributed by atoms with Crippen LogP contribution in [0.15, 0.2) is 46.9 Å². The van der Waals surface area contributed by atoms with Gasteiger partial charge in [-0.15, -0.1) is 0 Å². The summed E-state index contributed by atoms with van der Waals surface area (Å²) in [4.78, 5) is 16.4. The van der Waals surface area contributed by atoms with Crippen molar-refractivity contribution in [2.75, 3.05) is 38.2 Å². The van der Waals surface area contributed by atoms with Crippen LogP contribution in [-0.2, 0) is 4.79 Å². The van der Waals surface area contributed by atoms with Crippen LogP contribution in [0.2, 0.25) is 0 Å². The number of piperazine rings is 1. The lowest BCUT2D eigenvalue weighted by molar-refractivity contribution is -0.126. The van der Waals surface area contributed by atoms with Crippen molar-refractivity contribution in [1.82, 2.24) is 4.90 Å². The fourth-order valence-corrected chi connectivity index (χ4v) is 2.86. The molecule has 0 radical (unpaired) electrons. The maximum absolute atomic E-state index is 12.3. The fourth-order valence-electron chi connectivity index (χ4n) is 2.86. The number of hydrogen-bond donors (Lipinski definition) is 0. The summed E-state index contributed by atoms with van der Waals surface area (Å²) in [5.74, 6) is 2.43. The van der Waals surface area contributed by atoms with Gasteiger partial charge in [0, 0.05) is 32.3 Å². The molecule has 1 fully saturated rings.